The van der Waals surface area contributed by atoms with Crippen LogP contribution in [0.3, 0.4) is 0 Å². The van der Waals surface area contributed by atoms with Crippen LogP contribution < -0.4 is 20.1 Å². The van der Waals surface area contributed by atoms with Gasteiger partial charge in [-0.25, -0.2) is 4.98 Å². The van der Waals surface area contributed by atoms with E-state index in [0.717, 1.165) is 30.6 Å². The molecule has 1 aromatic heterocycles. The minimum Gasteiger partial charge on any atom is -0.495 e. The highest BCUT2D eigenvalue weighted by atomic mass is 35.5. The average molecular weight is 581 g/mol. The molecule has 11 nitrogen and oxygen atoms in total. The number of rotatable bonds is 8. The number of hydrogen-bond donors (Lipinski definition) is 2. The van der Waals surface area contributed by atoms with E-state index in [1.807, 2.05) is 26.1 Å². The fourth-order valence-corrected chi connectivity index (χ4v) is 5.31. The molecule has 3 aromatic rings. The van der Waals surface area contributed by atoms with E-state index in [4.69, 9.17) is 25.8 Å². The minimum atomic E-state index is -0.196. The predicted octanol–water partition coefficient (Wildman–Crippen LogP) is 4.02. The van der Waals surface area contributed by atoms with Gasteiger partial charge in [0.2, 0.25) is 11.8 Å². The molecule has 216 valence electrons. The largest absolute Gasteiger partial charge is 0.495 e. The fourth-order valence-electron chi connectivity index (χ4n) is 5.18. The molecule has 2 aliphatic rings. The van der Waals surface area contributed by atoms with Crippen molar-refractivity contribution >= 4 is 35.1 Å². The molecule has 41 heavy (non-hydrogen) atoms. The van der Waals surface area contributed by atoms with Gasteiger partial charge in [-0.3, -0.25) is 9.59 Å². The van der Waals surface area contributed by atoms with Crippen LogP contribution in [0.25, 0.3) is 0 Å². The van der Waals surface area contributed by atoms with E-state index in [0.29, 0.717) is 34.9 Å². The van der Waals surface area contributed by atoms with E-state index in [1.54, 1.807) is 37.3 Å². The first-order chi connectivity index (χ1) is 19.7. The van der Waals surface area contributed by atoms with Gasteiger partial charge in [-0.2, -0.15) is 4.98 Å². The second-order valence-corrected chi connectivity index (χ2v) is 10.7. The van der Waals surface area contributed by atoms with Crippen molar-refractivity contribution in [1.29, 1.82) is 0 Å². The molecule has 0 radical (unpaired) electrons. The lowest BCUT2D eigenvalue weighted by Crippen LogP contribution is -2.53. The highest BCUT2D eigenvalue weighted by Crippen LogP contribution is 2.36. The number of aromatic nitrogens is 2. The maximum Gasteiger partial charge on any atom is 0.258 e. The Morgan fingerprint density at radius 3 is 2.73 bits per heavy atom. The summed E-state index contributed by atoms with van der Waals surface area (Å²) in [5.41, 5.74) is 3.15. The van der Waals surface area contributed by atoms with E-state index in [2.05, 4.69) is 25.5 Å². The molecule has 0 spiro atoms. The number of ether oxygens (including phenoxy) is 3. The van der Waals surface area contributed by atoms with Crippen LogP contribution in [0.5, 0.6) is 17.4 Å². The van der Waals surface area contributed by atoms with E-state index >= 15 is 0 Å². The Hall–Kier alpha value is -3.93. The predicted molar refractivity (Wildman–Crippen MR) is 155 cm³/mol. The maximum atomic E-state index is 13.3. The molecule has 12 heteroatoms. The van der Waals surface area contributed by atoms with E-state index in [9.17, 15) is 9.59 Å². The van der Waals surface area contributed by atoms with Gasteiger partial charge < -0.3 is 34.6 Å². The van der Waals surface area contributed by atoms with Crippen molar-refractivity contribution in [2.75, 3.05) is 46.7 Å². The molecule has 2 atom stereocenters. The summed E-state index contributed by atoms with van der Waals surface area (Å²) in [4.78, 5) is 38.4. The third-order valence-electron chi connectivity index (χ3n) is 7.42. The van der Waals surface area contributed by atoms with E-state index < -0.39 is 0 Å². The number of halogens is 1. The van der Waals surface area contributed by atoms with Crippen molar-refractivity contribution in [1.82, 2.24) is 25.1 Å². The highest BCUT2D eigenvalue weighted by Gasteiger charge is 2.30. The molecule has 3 heterocycles. The van der Waals surface area contributed by atoms with Crippen LogP contribution in [-0.4, -0.2) is 85.1 Å². The Balaban J connectivity index is 1.36. The number of benzene rings is 2. The molecule has 1 fully saturated rings. The number of likely N-dealkylation sites (N-methyl/N-ethyl adjacent to an activating group) is 1. The number of anilines is 2. The number of methoxy groups -OCH3 is 2. The lowest BCUT2D eigenvalue weighted by molar-refractivity contribution is 0.0142. The van der Waals surface area contributed by atoms with Gasteiger partial charge in [-0.1, -0.05) is 23.7 Å². The zero-order valence-electron chi connectivity index (χ0n) is 23.7. The molecule has 2 aliphatic heterocycles. The summed E-state index contributed by atoms with van der Waals surface area (Å²) in [6, 6.07) is 8.81. The number of fused-ring (bicyclic) bond motifs is 1. The smallest absolute Gasteiger partial charge is 0.258 e. The minimum absolute atomic E-state index is 0.0877. The third-order valence-corrected chi connectivity index (χ3v) is 7.68. The van der Waals surface area contributed by atoms with Crippen LogP contribution in [0.15, 0.2) is 36.5 Å². The topological polar surface area (TPSA) is 118 Å². The molecule has 0 aliphatic carbocycles. The third kappa shape index (κ3) is 5.92. The Morgan fingerprint density at radius 2 is 1.98 bits per heavy atom. The van der Waals surface area contributed by atoms with Crippen LogP contribution >= 0.6 is 11.6 Å². The van der Waals surface area contributed by atoms with Gasteiger partial charge in [-0.05, 0) is 56.3 Å². The lowest BCUT2D eigenvalue weighted by Gasteiger charge is -2.36. The van der Waals surface area contributed by atoms with Crippen molar-refractivity contribution in [2.24, 2.45) is 0 Å². The summed E-state index contributed by atoms with van der Waals surface area (Å²) >= 11 is 6.36. The van der Waals surface area contributed by atoms with Crippen LogP contribution in [0, 0.1) is 6.92 Å². The summed E-state index contributed by atoms with van der Waals surface area (Å²) in [6.45, 7) is 3.99. The Kier molecular flexibility index (Phi) is 8.30. The first-order valence-electron chi connectivity index (χ1n) is 13.2. The molecule has 5 rings (SSSR count). The number of carbonyl (C=O) groups excluding carboxylic acids is 2. The molecule has 0 unspecified atom stereocenters. The van der Waals surface area contributed by atoms with Gasteiger partial charge in [0.15, 0.2) is 0 Å². The van der Waals surface area contributed by atoms with Crippen molar-refractivity contribution in [3.8, 4) is 17.4 Å². The monoisotopic (exact) mass is 580 g/mol. The zero-order chi connectivity index (χ0) is 29.3. The normalized spacial score (nSPS) is 18.7. The molecule has 1 saturated heterocycles. The van der Waals surface area contributed by atoms with E-state index in [1.165, 1.54) is 13.3 Å². The molecule has 0 saturated carbocycles. The summed E-state index contributed by atoms with van der Waals surface area (Å²) in [5, 5.41) is 6.45. The molecular formula is C29H33ClN6O5. The maximum absolute atomic E-state index is 13.3. The zero-order valence-corrected chi connectivity index (χ0v) is 24.4. The molecule has 2 amide bonds. The number of carbonyl (C=O) groups is 2. The van der Waals surface area contributed by atoms with Gasteiger partial charge in [0.25, 0.3) is 11.8 Å². The van der Waals surface area contributed by atoms with Gasteiger partial charge in [0.1, 0.15) is 16.5 Å². The number of nitrogens with one attached hydrogen (secondary N) is 2. The average Bonchev–Trinajstić information content (AvgIpc) is 3.25. The van der Waals surface area contributed by atoms with Gasteiger partial charge in [-0.15, -0.1) is 0 Å². The highest BCUT2D eigenvalue weighted by molar-refractivity contribution is 6.31. The Bertz CT molecular complexity index is 1480. The lowest BCUT2D eigenvalue weighted by atomic mass is 10.0. The number of hydrogen-bond acceptors (Lipinski definition) is 9. The first kappa shape index (κ1) is 28.6. The molecule has 0 bridgehead atoms. The first-order valence-corrected chi connectivity index (χ1v) is 13.6. The standard InChI is InChI=1S/C29H33ClN6O5/c1-16-11-21(23(39-4)12-18(16)26(37)32-20-9-10-35(2)15-24(20)40-5)33-29-31-13-19(30)27(34-29)41-22-8-6-7-17-14-36(3)28(38)25(17)22/h6-8,11-13,20,24H,9-10,14-15H2,1-5H3,(H,32,37)(H,31,33,34)/t20-,24+/m1/s1. The number of nitrogens with zero attached hydrogens (tertiary/aromatic N) is 4. The van der Waals surface area contributed by atoms with Crippen LogP contribution in [0.2, 0.25) is 5.02 Å². The summed E-state index contributed by atoms with van der Waals surface area (Å²) in [7, 11) is 6.97. The van der Waals surface area contributed by atoms with E-state index in [-0.39, 0.29) is 40.8 Å². The van der Waals surface area contributed by atoms with Crippen molar-refractivity contribution in [3.63, 3.8) is 0 Å². The number of likely N-dealkylation sites (tertiary alicyclic amines) is 1. The molecule has 2 aromatic carbocycles. The summed E-state index contributed by atoms with van der Waals surface area (Å²) in [5.74, 6) is 0.771. The molecule has 2 N–H and O–H groups in total. The number of amides is 2. The number of piperidine rings is 1. The van der Waals surface area contributed by atoms with Crippen LogP contribution in [0.1, 0.15) is 38.3 Å². The number of aryl methyl sites for hydroxylation is 1. The van der Waals surface area contributed by atoms with Gasteiger partial charge in [0, 0.05) is 32.8 Å². The second-order valence-electron chi connectivity index (χ2n) is 10.3. The van der Waals surface area contributed by atoms with Crippen LogP contribution in [0.4, 0.5) is 11.6 Å². The van der Waals surface area contributed by atoms with Crippen LogP contribution in [-0.2, 0) is 11.3 Å². The summed E-state index contributed by atoms with van der Waals surface area (Å²) in [6.07, 6.45) is 2.12. The van der Waals surface area contributed by atoms with Crippen molar-refractivity contribution in [3.05, 3.63) is 63.8 Å². The summed E-state index contributed by atoms with van der Waals surface area (Å²) < 4.78 is 17.2. The molecular weight excluding hydrogens is 548 g/mol. The van der Waals surface area contributed by atoms with Crippen molar-refractivity contribution < 1.29 is 23.8 Å². The van der Waals surface area contributed by atoms with Gasteiger partial charge >= 0.3 is 0 Å². The Morgan fingerprint density at radius 1 is 1.17 bits per heavy atom. The van der Waals surface area contributed by atoms with Gasteiger partial charge in [0.05, 0.1) is 36.7 Å². The Labute approximate surface area is 243 Å². The SMILES string of the molecule is COc1cc(C(=O)N[C@@H]2CCN(C)C[C@@H]2OC)c(C)cc1Nc1ncc(Cl)c(Oc2cccc3c2C(=O)N(C)C3)n1. The second kappa shape index (κ2) is 11.9. The fraction of sp³-hybridized carbons (Fsp3) is 0.379. The van der Waals surface area contributed by atoms with Crippen molar-refractivity contribution in [2.45, 2.75) is 32.0 Å². The quantitative estimate of drug-likeness (QED) is 0.407.